The summed E-state index contributed by atoms with van der Waals surface area (Å²) in [5.74, 6) is 3.33. The Kier molecular flexibility index (Phi) is 6.01. The van der Waals surface area contributed by atoms with E-state index in [4.69, 9.17) is 10.5 Å². The van der Waals surface area contributed by atoms with E-state index in [0.717, 1.165) is 23.3 Å². The molecule has 0 bridgehead atoms. The van der Waals surface area contributed by atoms with Gasteiger partial charge in [0, 0.05) is 24.9 Å². The van der Waals surface area contributed by atoms with Crippen LogP contribution in [0, 0.1) is 0 Å². The fourth-order valence-corrected chi connectivity index (χ4v) is 3.92. The molecule has 3 nitrogen and oxygen atoms in total. The van der Waals surface area contributed by atoms with Crippen LogP contribution in [0.4, 0.5) is 0 Å². The summed E-state index contributed by atoms with van der Waals surface area (Å²) in [7, 11) is 1.69. The number of hydrogen-bond acceptors (Lipinski definition) is 4. The average molecular weight is 345 g/mol. The maximum Gasteiger partial charge on any atom is 0.133 e. The van der Waals surface area contributed by atoms with Gasteiger partial charge >= 0.3 is 0 Å². The zero-order valence-electron chi connectivity index (χ0n) is 11.3. The number of halogens is 1. The molecule has 2 N–H and O–H groups in total. The average Bonchev–Trinajstić information content (AvgIpc) is 2.69. The van der Waals surface area contributed by atoms with Crippen molar-refractivity contribution < 1.29 is 4.74 Å². The quantitative estimate of drug-likeness (QED) is 0.911. The Morgan fingerprint density at radius 1 is 1.42 bits per heavy atom. The van der Waals surface area contributed by atoms with E-state index in [1.807, 2.05) is 17.8 Å². The number of methoxy groups -OCH3 is 1. The van der Waals surface area contributed by atoms with Gasteiger partial charge in [0.15, 0.2) is 0 Å². The lowest BCUT2D eigenvalue weighted by Gasteiger charge is -2.30. The summed E-state index contributed by atoms with van der Waals surface area (Å²) in [6.07, 6.45) is 1.25. The van der Waals surface area contributed by atoms with E-state index in [-0.39, 0.29) is 0 Å². The van der Waals surface area contributed by atoms with Gasteiger partial charge < -0.3 is 10.5 Å². The molecule has 1 atom stereocenters. The van der Waals surface area contributed by atoms with Crippen LogP contribution in [0.15, 0.2) is 22.7 Å². The molecular weight excluding hydrogens is 324 g/mol. The molecule has 0 amide bonds. The first kappa shape index (κ1) is 15.2. The molecule has 0 aromatic heterocycles. The van der Waals surface area contributed by atoms with Crippen molar-refractivity contribution in [1.82, 2.24) is 4.90 Å². The number of nitrogens with zero attached hydrogens (tertiary/aromatic N) is 1. The Balaban J connectivity index is 2.18. The summed E-state index contributed by atoms with van der Waals surface area (Å²) in [6.45, 7) is 2.91. The number of rotatable bonds is 4. The van der Waals surface area contributed by atoms with E-state index in [0.29, 0.717) is 12.6 Å². The zero-order chi connectivity index (χ0) is 13.7. The lowest BCUT2D eigenvalue weighted by atomic mass is 10.0. The Bertz CT molecular complexity index is 408. The molecular formula is C14H21BrN2OS. The first-order valence-electron chi connectivity index (χ1n) is 6.61. The van der Waals surface area contributed by atoms with Crippen molar-refractivity contribution in [2.24, 2.45) is 5.73 Å². The van der Waals surface area contributed by atoms with Crippen LogP contribution in [0.2, 0.25) is 0 Å². The smallest absolute Gasteiger partial charge is 0.133 e. The Labute approximate surface area is 128 Å². The molecule has 106 valence electrons. The molecule has 1 saturated heterocycles. The van der Waals surface area contributed by atoms with Crippen molar-refractivity contribution in [3.63, 3.8) is 0 Å². The first-order chi connectivity index (χ1) is 9.26. The normalized spacial score (nSPS) is 18.9. The molecule has 0 aliphatic carbocycles. The van der Waals surface area contributed by atoms with Gasteiger partial charge in [-0.05, 0) is 52.3 Å². The maximum absolute atomic E-state index is 6.01. The highest BCUT2D eigenvalue weighted by Crippen LogP contribution is 2.30. The minimum absolute atomic E-state index is 0.306. The standard InChI is InChI=1S/C14H21BrN2OS/c1-18-14-4-3-11(9-12(14)15)13(10-16)17-5-2-7-19-8-6-17/h3-4,9,13H,2,5-8,10,16H2,1H3. The summed E-state index contributed by atoms with van der Waals surface area (Å²) in [5.41, 5.74) is 7.28. The van der Waals surface area contributed by atoms with Gasteiger partial charge in [-0.1, -0.05) is 6.07 Å². The summed E-state index contributed by atoms with van der Waals surface area (Å²) >= 11 is 5.60. The lowest BCUT2D eigenvalue weighted by Crippen LogP contribution is -2.35. The van der Waals surface area contributed by atoms with E-state index < -0.39 is 0 Å². The first-order valence-corrected chi connectivity index (χ1v) is 8.56. The van der Waals surface area contributed by atoms with Gasteiger partial charge in [0.2, 0.25) is 0 Å². The molecule has 1 fully saturated rings. The minimum Gasteiger partial charge on any atom is -0.496 e. The summed E-state index contributed by atoms with van der Waals surface area (Å²) in [6, 6.07) is 6.57. The monoisotopic (exact) mass is 344 g/mol. The van der Waals surface area contributed by atoms with Gasteiger partial charge in [-0.15, -0.1) is 0 Å². The number of thioether (sulfide) groups is 1. The maximum atomic E-state index is 6.01. The van der Waals surface area contributed by atoms with Gasteiger partial charge in [0.05, 0.1) is 11.6 Å². The van der Waals surface area contributed by atoms with E-state index in [9.17, 15) is 0 Å². The molecule has 1 unspecified atom stereocenters. The van der Waals surface area contributed by atoms with Gasteiger partial charge in [0.1, 0.15) is 5.75 Å². The molecule has 0 saturated carbocycles. The second-order valence-corrected chi connectivity index (χ2v) is 6.73. The second kappa shape index (κ2) is 7.53. The van der Waals surface area contributed by atoms with Gasteiger partial charge in [-0.2, -0.15) is 11.8 Å². The Hall–Kier alpha value is -0.230. The molecule has 19 heavy (non-hydrogen) atoms. The van der Waals surface area contributed by atoms with Gasteiger partial charge in [0.25, 0.3) is 0 Å². The summed E-state index contributed by atoms with van der Waals surface area (Å²) in [4.78, 5) is 2.51. The van der Waals surface area contributed by atoms with Crippen LogP contribution in [0.25, 0.3) is 0 Å². The fraction of sp³-hybridized carbons (Fsp3) is 0.571. The Morgan fingerprint density at radius 2 is 2.26 bits per heavy atom. The van der Waals surface area contributed by atoms with Gasteiger partial charge in [-0.25, -0.2) is 0 Å². The highest BCUT2D eigenvalue weighted by atomic mass is 79.9. The van der Waals surface area contributed by atoms with Crippen LogP contribution in [0.1, 0.15) is 18.0 Å². The molecule has 1 aliphatic heterocycles. The SMILES string of the molecule is COc1ccc(C(CN)N2CCCSCC2)cc1Br. The number of hydrogen-bond donors (Lipinski definition) is 1. The molecule has 0 radical (unpaired) electrons. The molecule has 0 spiro atoms. The summed E-state index contributed by atoms with van der Waals surface area (Å²) in [5, 5.41) is 0. The molecule has 1 aliphatic rings. The van der Waals surface area contributed by atoms with Crippen LogP contribution in [-0.2, 0) is 0 Å². The largest absolute Gasteiger partial charge is 0.496 e. The van der Waals surface area contributed by atoms with Crippen molar-refractivity contribution in [1.29, 1.82) is 0 Å². The van der Waals surface area contributed by atoms with Crippen LogP contribution in [-0.4, -0.2) is 43.1 Å². The minimum atomic E-state index is 0.306. The van der Waals surface area contributed by atoms with Crippen LogP contribution in [0.3, 0.4) is 0 Å². The molecule has 1 heterocycles. The third-order valence-corrected chi connectivity index (χ3v) is 5.15. The number of ether oxygens (including phenoxy) is 1. The van der Waals surface area contributed by atoms with Crippen molar-refractivity contribution in [3.8, 4) is 5.75 Å². The van der Waals surface area contributed by atoms with Crippen molar-refractivity contribution >= 4 is 27.7 Å². The fourth-order valence-electron chi connectivity index (χ4n) is 2.46. The second-order valence-electron chi connectivity index (χ2n) is 4.65. The predicted molar refractivity (Wildman–Crippen MR) is 86.0 cm³/mol. The highest BCUT2D eigenvalue weighted by Gasteiger charge is 2.21. The van der Waals surface area contributed by atoms with Crippen molar-refractivity contribution in [3.05, 3.63) is 28.2 Å². The number of nitrogens with two attached hydrogens (primary N) is 1. The molecule has 1 aromatic rings. The predicted octanol–water partition coefficient (Wildman–Crippen LogP) is 2.90. The van der Waals surface area contributed by atoms with Crippen LogP contribution < -0.4 is 10.5 Å². The summed E-state index contributed by atoms with van der Waals surface area (Å²) < 4.78 is 6.28. The third-order valence-electron chi connectivity index (χ3n) is 3.48. The van der Waals surface area contributed by atoms with E-state index in [1.165, 1.54) is 23.5 Å². The van der Waals surface area contributed by atoms with Gasteiger partial charge in [-0.3, -0.25) is 4.90 Å². The van der Waals surface area contributed by atoms with E-state index in [2.05, 4.69) is 33.0 Å². The van der Waals surface area contributed by atoms with E-state index >= 15 is 0 Å². The lowest BCUT2D eigenvalue weighted by molar-refractivity contribution is 0.218. The van der Waals surface area contributed by atoms with Crippen molar-refractivity contribution in [2.45, 2.75) is 12.5 Å². The zero-order valence-corrected chi connectivity index (χ0v) is 13.7. The molecule has 5 heteroatoms. The van der Waals surface area contributed by atoms with E-state index in [1.54, 1.807) is 7.11 Å². The third kappa shape index (κ3) is 3.88. The Morgan fingerprint density at radius 3 is 2.95 bits per heavy atom. The van der Waals surface area contributed by atoms with Crippen molar-refractivity contribution in [2.75, 3.05) is 38.2 Å². The van der Waals surface area contributed by atoms with Crippen LogP contribution >= 0.6 is 27.7 Å². The topological polar surface area (TPSA) is 38.5 Å². The molecule has 1 aromatic carbocycles. The molecule has 2 rings (SSSR count). The van der Waals surface area contributed by atoms with Crippen LogP contribution in [0.5, 0.6) is 5.75 Å². The number of benzene rings is 1. The highest BCUT2D eigenvalue weighted by molar-refractivity contribution is 9.10.